The zero-order chi connectivity index (χ0) is 16.9. The summed E-state index contributed by atoms with van der Waals surface area (Å²) in [7, 11) is 1.88. The van der Waals surface area contributed by atoms with Crippen molar-refractivity contribution in [2.75, 3.05) is 6.54 Å². The van der Waals surface area contributed by atoms with Crippen LogP contribution in [0, 0.1) is 6.92 Å². The molecule has 2 aromatic heterocycles. The van der Waals surface area contributed by atoms with Crippen LogP contribution in [0.15, 0.2) is 12.4 Å². The van der Waals surface area contributed by atoms with E-state index in [1.807, 2.05) is 14.0 Å². The normalized spacial score (nSPS) is 17.8. The van der Waals surface area contributed by atoms with Gasteiger partial charge in [-0.15, -0.1) is 5.10 Å². The summed E-state index contributed by atoms with van der Waals surface area (Å²) >= 11 is 0. The highest BCUT2D eigenvalue weighted by atomic mass is 16.2. The molecule has 1 aliphatic rings. The van der Waals surface area contributed by atoms with Crippen LogP contribution in [0.3, 0.4) is 0 Å². The molecule has 1 saturated heterocycles. The van der Waals surface area contributed by atoms with Gasteiger partial charge < -0.3 is 10.6 Å². The first-order valence-electron chi connectivity index (χ1n) is 8.52. The first-order valence-corrected chi connectivity index (χ1v) is 8.52. The molecule has 0 radical (unpaired) electrons. The first-order chi connectivity index (χ1) is 11.6. The molecule has 3 heterocycles. The maximum atomic E-state index is 12.2. The molecule has 2 aromatic rings. The average molecular weight is 331 g/mol. The zero-order valence-electron chi connectivity index (χ0n) is 14.3. The molecule has 1 fully saturated rings. The average Bonchev–Trinajstić information content (AvgIpc) is 3.20. The third-order valence-corrected chi connectivity index (χ3v) is 4.67. The van der Waals surface area contributed by atoms with Crippen molar-refractivity contribution in [1.29, 1.82) is 0 Å². The Kier molecular flexibility index (Phi) is 5.24. The minimum Gasteiger partial charge on any atom is -0.346 e. The molecule has 1 amide bonds. The first kappa shape index (κ1) is 16.6. The molecule has 2 N–H and O–H groups in total. The fourth-order valence-corrected chi connectivity index (χ4v) is 2.95. The van der Waals surface area contributed by atoms with Crippen LogP contribution >= 0.6 is 0 Å². The second-order valence-corrected chi connectivity index (χ2v) is 6.36. The number of aryl methyl sites for hydroxylation is 2. The van der Waals surface area contributed by atoms with Gasteiger partial charge in [-0.05, 0) is 32.7 Å². The van der Waals surface area contributed by atoms with E-state index in [1.54, 1.807) is 21.8 Å². The lowest BCUT2D eigenvalue weighted by Crippen LogP contribution is -2.34. The lowest BCUT2D eigenvalue weighted by atomic mass is 10.0. The molecule has 3 rings (SSSR count). The van der Waals surface area contributed by atoms with E-state index in [4.69, 9.17) is 0 Å². The maximum Gasteiger partial charge on any atom is 0.273 e. The van der Waals surface area contributed by atoms with Gasteiger partial charge in [-0.25, -0.2) is 0 Å². The lowest BCUT2D eigenvalue weighted by Gasteiger charge is -2.23. The van der Waals surface area contributed by atoms with Gasteiger partial charge in [0.05, 0.1) is 12.4 Å². The molecular formula is C16H25N7O. The van der Waals surface area contributed by atoms with Crippen molar-refractivity contribution in [3.8, 4) is 0 Å². The summed E-state index contributed by atoms with van der Waals surface area (Å²) in [4.78, 5) is 12.2. The summed E-state index contributed by atoms with van der Waals surface area (Å²) in [5.74, 6) is -0.208. The molecule has 0 bridgehead atoms. The number of carbonyl (C=O) groups is 1. The van der Waals surface area contributed by atoms with Crippen LogP contribution in [0.5, 0.6) is 0 Å². The van der Waals surface area contributed by atoms with Crippen molar-refractivity contribution in [2.24, 2.45) is 7.05 Å². The fraction of sp³-hybridized carbons (Fsp3) is 0.625. The Labute approximate surface area is 141 Å². The van der Waals surface area contributed by atoms with Gasteiger partial charge in [0, 0.05) is 37.4 Å². The monoisotopic (exact) mass is 331 g/mol. The van der Waals surface area contributed by atoms with Crippen LogP contribution < -0.4 is 10.6 Å². The number of carbonyl (C=O) groups excluding carboxylic acids is 1. The molecule has 8 heteroatoms. The Hall–Kier alpha value is -2.22. The molecule has 0 aliphatic carbocycles. The fourth-order valence-electron chi connectivity index (χ4n) is 2.95. The Bertz CT molecular complexity index is 684. The van der Waals surface area contributed by atoms with E-state index in [0.29, 0.717) is 18.3 Å². The van der Waals surface area contributed by atoms with E-state index >= 15 is 0 Å². The summed E-state index contributed by atoms with van der Waals surface area (Å²) in [6.07, 6.45) is 8.26. The van der Waals surface area contributed by atoms with Crippen LogP contribution in [-0.4, -0.2) is 43.3 Å². The highest BCUT2D eigenvalue weighted by Crippen LogP contribution is 2.11. The van der Waals surface area contributed by atoms with E-state index < -0.39 is 0 Å². The van der Waals surface area contributed by atoms with Crippen molar-refractivity contribution in [3.63, 3.8) is 0 Å². The molecule has 1 aliphatic heterocycles. The largest absolute Gasteiger partial charge is 0.346 e. The third-order valence-electron chi connectivity index (χ3n) is 4.67. The standard InChI is InChI=1S/C16H25N7O/c1-12-13(10-19-22(12)2)9-18-16(24)15-11-23(21-20-15)8-6-14-5-3-4-7-17-14/h10-11,14,17H,3-9H2,1-2H3,(H,18,24)/t14-/m0/s1. The number of piperidine rings is 1. The number of aromatic nitrogens is 5. The van der Waals surface area contributed by atoms with E-state index in [-0.39, 0.29) is 5.91 Å². The molecule has 130 valence electrons. The SMILES string of the molecule is Cc1c(CNC(=O)c2cn(CC[C@@H]3CCCCN3)nn2)cnn1C. The second-order valence-electron chi connectivity index (χ2n) is 6.36. The van der Waals surface area contributed by atoms with Crippen molar-refractivity contribution >= 4 is 5.91 Å². The van der Waals surface area contributed by atoms with Crippen molar-refractivity contribution in [1.82, 2.24) is 35.4 Å². The van der Waals surface area contributed by atoms with Crippen LogP contribution in [0.4, 0.5) is 0 Å². The predicted molar refractivity (Wildman–Crippen MR) is 89.4 cm³/mol. The van der Waals surface area contributed by atoms with Crippen LogP contribution in [0.2, 0.25) is 0 Å². The zero-order valence-corrected chi connectivity index (χ0v) is 14.3. The number of hydrogen-bond donors (Lipinski definition) is 2. The van der Waals surface area contributed by atoms with Gasteiger partial charge in [0.2, 0.25) is 0 Å². The Morgan fingerprint density at radius 1 is 1.46 bits per heavy atom. The number of nitrogens with one attached hydrogen (secondary N) is 2. The van der Waals surface area contributed by atoms with E-state index in [0.717, 1.165) is 30.8 Å². The summed E-state index contributed by atoms with van der Waals surface area (Å²) in [5, 5.41) is 18.6. The van der Waals surface area contributed by atoms with Crippen LogP contribution in [-0.2, 0) is 20.1 Å². The smallest absolute Gasteiger partial charge is 0.273 e. The Morgan fingerprint density at radius 2 is 2.33 bits per heavy atom. The summed E-state index contributed by atoms with van der Waals surface area (Å²) in [5.41, 5.74) is 2.40. The number of nitrogens with zero attached hydrogens (tertiary/aromatic N) is 5. The van der Waals surface area contributed by atoms with E-state index in [2.05, 4.69) is 26.0 Å². The number of amides is 1. The Morgan fingerprint density at radius 3 is 3.04 bits per heavy atom. The van der Waals surface area contributed by atoms with Crippen molar-refractivity contribution in [2.45, 2.75) is 51.7 Å². The van der Waals surface area contributed by atoms with Gasteiger partial charge in [-0.1, -0.05) is 11.6 Å². The van der Waals surface area contributed by atoms with Crippen molar-refractivity contribution < 1.29 is 4.79 Å². The minimum atomic E-state index is -0.208. The van der Waals surface area contributed by atoms with Gasteiger partial charge in [0.1, 0.15) is 0 Å². The summed E-state index contributed by atoms with van der Waals surface area (Å²) in [6, 6.07) is 0.550. The lowest BCUT2D eigenvalue weighted by molar-refractivity contribution is 0.0946. The molecule has 24 heavy (non-hydrogen) atoms. The molecular weight excluding hydrogens is 306 g/mol. The number of hydrogen-bond acceptors (Lipinski definition) is 5. The van der Waals surface area contributed by atoms with Crippen molar-refractivity contribution in [3.05, 3.63) is 29.3 Å². The third kappa shape index (κ3) is 4.00. The van der Waals surface area contributed by atoms with Gasteiger partial charge in [-0.3, -0.25) is 14.2 Å². The molecule has 0 unspecified atom stereocenters. The molecule has 0 saturated carbocycles. The van der Waals surface area contributed by atoms with E-state index in [1.165, 1.54) is 19.3 Å². The summed E-state index contributed by atoms with van der Waals surface area (Å²) in [6.45, 7) is 4.30. The summed E-state index contributed by atoms with van der Waals surface area (Å²) < 4.78 is 3.54. The van der Waals surface area contributed by atoms with Gasteiger partial charge in [0.15, 0.2) is 5.69 Å². The molecule has 1 atom stereocenters. The highest BCUT2D eigenvalue weighted by Gasteiger charge is 2.15. The van der Waals surface area contributed by atoms with E-state index in [9.17, 15) is 4.79 Å². The van der Waals surface area contributed by atoms with Crippen LogP contribution in [0.1, 0.15) is 47.4 Å². The van der Waals surface area contributed by atoms with Gasteiger partial charge >= 0.3 is 0 Å². The molecule has 0 spiro atoms. The minimum absolute atomic E-state index is 0.208. The quantitative estimate of drug-likeness (QED) is 0.816. The highest BCUT2D eigenvalue weighted by molar-refractivity contribution is 5.91. The number of rotatable bonds is 6. The maximum absolute atomic E-state index is 12.2. The molecule has 0 aromatic carbocycles. The van der Waals surface area contributed by atoms with Gasteiger partial charge in [-0.2, -0.15) is 5.10 Å². The second kappa shape index (κ2) is 7.57. The Balaban J connectivity index is 1.49. The van der Waals surface area contributed by atoms with Gasteiger partial charge in [0.25, 0.3) is 5.91 Å². The predicted octanol–water partition coefficient (Wildman–Crippen LogP) is 0.782. The topological polar surface area (TPSA) is 89.7 Å². The van der Waals surface area contributed by atoms with Crippen LogP contribution in [0.25, 0.3) is 0 Å². The molecule has 8 nitrogen and oxygen atoms in total.